The molecule has 154 valence electrons. The molecule has 0 aromatic heterocycles. The summed E-state index contributed by atoms with van der Waals surface area (Å²) in [6.45, 7) is 2.48. The molecule has 3 rings (SSSR count). The number of likely N-dealkylation sites (N-methyl/N-ethyl adjacent to an activating group) is 1. The number of amides is 1. The third-order valence-electron chi connectivity index (χ3n) is 5.38. The lowest BCUT2D eigenvalue weighted by atomic mass is 10.2. The zero-order valence-electron chi connectivity index (χ0n) is 16.6. The van der Waals surface area contributed by atoms with E-state index in [9.17, 15) is 13.6 Å². The summed E-state index contributed by atoms with van der Waals surface area (Å²) in [6.07, 6.45) is 4.62. The van der Waals surface area contributed by atoms with E-state index in [0.717, 1.165) is 24.9 Å². The molecule has 1 amide bonds. The Morgan fingerprint density at radius 1 is 1.18 bits per heavy atom. The van der Waals surface area contributed by atoms with E-state index < -0.39 is 11.6 Å². The predicted octanol–water partition coefficient (Wildman–Crippen LogP) is 2.06. The number of hydrogen-bond acceptors (Lipinski definition) is 3. The highest BCUT2D eigenvalue weighted by Crippen LogP contribution is 2.22. The lowest BCUT2D eigenvalue weighted by Crippen LogP contribution is -2.54. The minimum atomic E-state index is -0.439. The quantitative estimate of drug-likeness (QED) is 0.629. The third-order valence-corrected chi connectivity index (χ3v) is 5.38. The number of anilines is 1. The van der Waals surface area contributed by atoms with E-state index in [1.54, 1.807) is 14.1 Å². The Morgan fingerprint density at radius 3 is 2.50 bits per heavy atom. The van der Waals surface area contributed by atoms with Crippen LogP contribution in [0.2, 0.25) is 0 Å². The fraction of sp³-hybridized carbons (Fsp3) is 0.600. The highest BCUT2D eigenvalue weighted by Gasteiger charge is 2.25. The molecule has 0 atom stereocenters. The van der Waals surface area contributed by atoms with Crippen molar-refractivity contribution in [3.63, 3.8) is 0 Å². The molecule has 0 spiro atoms. The summed E-state index contributed by atoms with van der Waals surface area (Å²) in [5.41, 5.74) is 0.296. The first-order chi connectivity index (χ1) is 13.4. The smallest absolute Gasteiger partial charge is 0.243 e. The molecule has 1 aliphatic heterocycles. The number of benzene rings is 1. The largest absolute Gasteiger partial charge is 0.366 e. The van der Waals surface area contributed by atoms with Crippen LogP contribution in [-0.2, 0) is 4.79 Å². The number of hydrogen-bond donors (Lipinski definition) is 1. The highest BCUT2D eigenvalue weighted by atomic mass is 19.1. The number of aliphatic imine (C=N–C) groups is 1. The topological polar surface area (TPSA) is 51.2 Å². The van der Waals surface area contributed by atoms with Gasteiger partial charge in [-0.05, 0) is 25.0 Å². The van der Waals surface area contributed by atoms with Crippen LogP contribution in [0.5, 0.6) is 0 Å². The molecule has 0 bridgehead atoms. The lowest BCUT2D eigenvalue weighted by molar-refractivity contribution is -0.127. The second-order valence-electron chi connectivity index (χ2n) is 7.62. The van der Waals surface area contributed by atoms with Gasteiger partial charge in [0.15, 0.2) is 5.96 Å². The van der Waals surface area contributed by atoms with E-state index in [-0.39, 0.29) is 12.5 Å². The molecule has 6 nitrogen and oxygen atoms in total. The number of nitrogens with one attached hydrogen (secondary N) is 1. The van der Waals surface area contributed by atoms with Gasteiger partial charge >= 0.3 is 0 Å². The molecule has 0 unspecified atom stereocenters. The molecule has 1 saturated heterocycles. The maximum Gasteiger partial charge on any atom is 0.243 e. The molecule has 1 aromatic carbocycles. The first kappa shape index (κ1) is 20.4. The third kappa shape index (κ3) is 5.11. The minimum Gasteiger partial charge on any atom is -0.366 e. The Hall–Kier alpha value is -2.38. The SMILES string of the molecule is CN(C)C(=O)CN=C(NC1CCCC1)N1CCN(c2cc(F)ccc2F)CC1. The van der Waals surface area contributed by atoms with Crippen LogP contribution in [0.15, 0.2) is 23.2 Å². The Balaban J connectivity index is 1.66. The van der Waals surface area contributed by atoms with Gasteiger partial charge in [-0.2, -0.15) is 0 Å². The molecule has 8 heteroatoms. The zero-order valence-corrected chi connectivity index (χ0v) is 16.6. The lowest BCUT2D eigenvalue weighted by Gasteiger charge is -2.38. The number of carbonyl (C=O) groups excluding carboxylic acids is 1. The van der Waals surface area contributed by atoms with E-state index in [4.69, 9.17) is 0 Å². The van der Waals surface area contributed by atoms with Crippen molar-refractivity contribution in [1.29, 1.82) is 0 Å². The van der Waals surface area contributed by atoms with Gasteiger partial charge in [-0.25, -0.2) is 13.8 Å². The van der Waals surface area contributed by atoms with E-state index in [0.29, 0.717) is 37.9 Å². The normalized spacial score (nSPS) is 18.5. The summed E-state index contributed by atoms with van der Waals surface area (Å²) >= 11 is 0. The maximum absolute atomic E-state index is 14.1. The van der Waals surface area contributed by atoms with Crippen LogP contribution < -0.4 is 10.2 Å². The summed E-state index contributed by atoms with van der Waals surface area (Å²) in [5, 5.41) is 3.51. The minimum absolute atomic E-state index is 0.0498. The fourth-order valence-electron chi connectivity index (χ4n) is 3.66. The van der Waals surface area contributed by atoms with Gasteiger partial charge < -0.3 is 20.0 Å². The van der Waals surface area contributed by atoms with Gasteiger partial charge in [-0.15, -0.1) is 0 Å². The Morgan fingerprint density at radius 2 is 1.86 bits per heavy atom. The summed E-state index contributed by atoms with van der Waals surface area (Å²) in [6, 6.07) is 3.92. The van der Waals surface area contributed by atoms with E-state index in [1.165, 1.54) is 29.9 Å². The van der Waals surface area contributed by atoms with Crippen molar-refractivity contribution in [1.82, 2.24) is 15.1 Å². The monoisotopic (exact) mass is 393 g/mol. The molecule has 1 aromatic rings. The zero-order chi connectivity index (χ0) is 20.1. The number of carbonyl (C=O) groups is 1. The van der Waals surface area contributed by atoms with Gasteiger partial charge in [0, 0.05) is 52.4 Å². The van der Waals surface area contributed by atoms with Crippen LogP contribution in [0.4, 0.5) is 14.5 Å². The molecule has 2 aliphatic rings. The summed E-state index contributed by atoms with van der Waals surface area (Å²) in [7, 11) is 3.43. The summed E-state index contributed by atoms with van der Waals surface area (Å²) < 4.78 is 27.6. The molecule has 2 fully saturated rings. The van der Waals surface area contributed by atoms with Crippen molar-refractivity contribution >= 4 is 17.6 Å². The van der Waals surface area contributed by atoms with E-state index >= 15 is 0 Å². The molecule has 1 aliphatic carbocycles. The number of piperazine rings is 1. The molecular weight excluding hydrogens is 364 g/mol. The van der Waals surface area contributed by atoms with E-state index in [2.05, 4.69) is 15.2 Å². The van der Waals surface area contributed by atoms with Crippen molar-refractivity contribution in [3.8, 4) is 0 Å². The van der Waals surface area contributed by atoms with Crippen molar-refractivity contribution < 1.29 is 13.6 Å². The summed E-state index contributed by atoms with van der Waals surface area (Å²) in [4.78, 5) is 22.0. The van der Waals surface area contributed by atoms with Crippen LogP contribution in [0, 0.1) is 11.6 Å². The molecule has 28 heavy (non-hydrogen) atoms. The summed E-state index contributed by atoms with van der Waals surface area (Å²) in [5.74, 6) is -0.164. The first-order valence-corrected chi connectivity index (χ1v) is 9.90. The van der Waals surface area contributed by atoms with Crippen molar-refractivity contribution in [2.75, 3.05) is 51.7 Å². The molecular formula is C20H29F2N5O. The van der Waals surface area contributed by atoms with Crippen LogP contribution >= 0.6 is 0 Å². The average Bonchev–Trinajstić information content (AvgIpc) is 3.20. The molecule has 0 radical (unpaired) electrons. The highest BCUT2D eigenvalue weighted by molar-refractivity contribution is 5.85. The molecule has 1 N–H and O–H groups in total. The number of guanidine groups is 1. The van der Waals surface area contributed by atoms with Gasteiger partial charge in [-0.1, -0.05) is 12.8 Å². The first-order valence-electron chi connectivity index (χ1n) is 9.90. The Bertz CT molecular complexity index is 711. The number of halogens is 2. The van der Waals surface area contributed by atoms with E-state index in [1.807, 2.05) is 4.90 Å². The van der Waals surface area contributed by atoms with Crippen LogP contribution in [0.25, 0.3) is 0 Å². The van der Waals surface area contributed by atoms with Crippen LogP contribution in [0.1, 0.15) is 25.7 Å². The number of nitrogens with zero attached hydrogens (tertiary/aromatic N) is 4. The van der Waals surface area contributed by atoms with Crippen molar-refractivity contribution in [2.45, 2.75) is 31.7 Å². The van der Waals surface area contributed by atoms with Crippen LogP contribution in [0.3, 0.4) is 0 Å². The predicted molar refractivity (Wildman–Crippen MR) is 107 cm³/mol. The van der Waals surface area contributed by atoms with Gasteiger partial charge in [0.2, 0.25) is 5.91 Å². The Labute approximate surface area is 165 Å². The standard InChI is InChI=1S/C20H29F2N5O/c1-25(2)19(28)14-23-20(24-16-5-3-4-6-16)27-11-9-26(10-12-27)18-13-15(21)7-8-17(18)22/h7-8,13,16H,3-6,9-12,14H2,1-2H3,(H,23,24). The maximum atomic E-state index is 14.1. The average molecular weight is 393 g/mol. The van der Waals surface area contributed by atoms with Gasteiger partial charge in [0.25, 0.3) is 0 Å². The van der Waals surface area contributed by atoms with Crippen LogP contribution in [-0.4, -0.2) is 74.5 Å². The fourth-order valence-corrected chi connectivity index (χ4v) is 3.66. The van der Waals surface area contributed by atoms with Crippen molar-refractivity contribution in [3.05, 3.63) is 29.8 Å². The van der Waals surface area contributed by atoms with Gasteiger partial charge in [0.1, 0.15) is 18.2 Å². The second kappa shape index (κ2) is 9.21. The Kier molecular flexibility index (Phi) is 6.70. The molecule has 1 saturated carbocycles. The van der Waals surface area contributed by atoms with Gasteiger partial charge in [0.05, 0.1) is 5.69 Å². The molecule has 1 heterocycles. The van der Waals surface area contributed by atoms with Gasteiger partial charge in [-0.3, -0.25) is 4.79 Å². The second-order valence-corrected chi connectivity index (χ2v) is 7.62. The van der Waals surface area contributed by atoms with Crippen molar-refractivity contribution in [2.24, 2.45) is 4.99 Å². The number of rotatable bonds is 4.